The Labute approximate surface area is 145 Å². The summed E-state index contributed by atoms with van der Waals surface area (Å²) in [5.41, 5.74) is 2.21. The van der Waals surface area contributed by atoms with Crippen LogP contribution in [0.4, 0.5) is 0 Å². The lowest BCUT2D eigenvalue weighted by Crippen LogP contribution is -2.49. The average molecular weight is 326 g/mol. The maximum absolute atomic E-state index is 11.4. The Balaban J connectivity index is 1.67. The fraction of sp³-hybridized carbons (Fsp3) is 0.636. The van der Waals surface area contributed by atoms with Crippen LogP contribution in [0, 0.1) is 17.3 Å². The zero-order chi connectivity index (χ0) is 16.9. The van der Waals surface area contributed by atoms with Crippen LogP contribution in [0.2, 0.25) is 0 Å². The number of phenols is 1. The van der Waals surface area contributed by atoms with E-state index in [1.807, 2.05) is 12.1 Å². The van der Waals surface area contributed by atoms with Crippen molar-refractivity contribution in [2.45, 2.75) is 70.3 Å². The maximum Gasteiger partial charge on any atom is 0.115 e. The quantitative estimate of drug-likeness (QED) is 0.755. The number of aliphatic hydroxyl groups is 1. The molecule has 4 rings (SSSR count). The molecule has 0 bridgehead atoms. The second kappa shape index (κ2) is 5.62. The SMILES string of the molecule is CCC=CC1(O)CC[C@H]2[C@@H]3CCc4cc(O)ccc4[C@H]3CC[C@@]21C. The number of phenolic OH excluding ortho intramolecular Hbond substituents is 1. The molecule has 0 radical (unpaired) electrons. The summed E-state index contributed by atoms with van der Waals surface area (Å²) in [6, 6.07) is 5.97. The third-order valence-corrected chi connectivity index (χ3v) is 7.55. The summed E-state index contributed by atoms with van der Waals surface area (Å²) in [7, 11) is 0. The molecule has 5 atom stereocenters. The number of hydrogen-bond donors (Lipinski definition) is 2. The van der Waals surface area contributed by atoms with Crippen LogP contribution in [0.3, 0.4) is 0 Å². The van der Waals surface area contributed by atoms with E-state index in [9.17, 15) is 10.2 Å². The van der Waals surface area contributed by atoms with Crippen molar-refractivity contribution < 1.29 is 10.2 Å². The molecule has 0 amide bonds. The summed E-state index contributed by atoms with van der Waals surface area (Å²) in [6.45, 7) is 4.48. The number of rotatable bonds is 2. The molecule has 2 saturated carbocycles. The first-order valence-electron chi connectivity index (χ1n) is 9.70. The number of aromatic hydroxyl groups is 1. The van der Waals surface area contributed by atoms with Crippen molar-refractivity contribution in [3.05, 3.63) is 41.5 Å². The van der Waals surface area contributed by atoms with Crippen LogP contribution in [-0.4, -0.2) is 15.8 Å². The molecule has 130 valence electrons. The number of aryl methyl sites for hydroxylation is 1. The van der Waals surface area contributed by atoms with Crippen molar-refractivity contribution in [2.24, 2.45) is 17.3 Å². The van der Waals surface area contributed by atoms with Crippen LogP contribution in [0.25, 0.3) is 0 Å². The first kappa shape index (κ1) is 16.2. The summed E-state index contributed by atoms with van der Waals surface area (Å²) in [5.74, 6) is 2.31. The van der Waals surface area contributed by atoms with Gasteiger partial charge in [-0.05, 0) is 86.0 Å². The first-order valence-corrected chi connectivity index (χ1v) is 9.70. The lowest BCUT2D eigenvalue weighted by Gasteiger charge is -2.52. The Morgan fingerprint density at radius 2 is 2.04 bits per heavy atom. The molecule has 1 unspecified atom stereocenters. The smallest absolute Gasteiger partial charge is 0.115 e. The summed E-state index contributed by atoms with van der Waals surface area (Å²) < 4.78 is 0. The third kappa shape index (κ3) is 2.19. The number of hydrogen-bond acceptors (Lipinski definition) is 2. The van der Waals surface area contributed by atoms with E-state index in [0.717, 1.165) is 38.5 Å². The molecule has 3 aliphatic rings. The number of benzene rings is 1. The van der Waals surface area contributed by atoms with Gasteiger partial charge < -0.3 is 10.2 Å². The number of fused-ring (bicyclic) bond motifs is 5. The monoisotopic (exact) mass is 326 g/mol. The van der Waals surface area contributed by atoms with Crippen molar-refractivity contribution in [1.82, 2.24) is 0 Å². The fourth-order valence-electron chi connectivity index (χ4n) is 6.21. The largest absolute Gasteiger partial charge is 0.508 e. The Morgan fingerprint density at radius 1 is 1.21 bits per heavy atom. The van der Waals surface area contributed by atoms with Gasteiger partial charge in [-0.1, -0.05) is 32.1 Å². The van der Waals surface area contributed by atoms with Crippen LogP contribution in [0.15, 0.2) is 30.4 Å². The second-order valence-corrected chi connectivity index (χ2v) is 8.53. The molecule has 1 aromatic rings. The van der Waals surface area contributed by atoms with Crippen LogP contribution < -0.4 is 0 Å². The van der Waals surface area contributed by atoms with E-state index in [-0.39, 0.29) is 5.41 Å². The average Bonchev–Trinajstić information content (AvgIpc) is 2.84. The molecule has 0 heterocycles. The Hall–Kier alpha value is -1.28. The van der Waals surface area contributed by atoms with E-state index in [4.69, 9.17) is 0 Å². The van der Waals surface area contributed by atoms with Crippen molar-refractivity contribution in [2.75, 3.05) is 0 Å². The predicted molar refractivity (Wildman–Crippen MR) is 97.1 cm³/mol. The fourth-order valence-corrected chi connectivity index (χ4v) is 6.21. The van der Waals surface area contributed by atoms with Gasteiger partial charge in [0.2, 0.25) is 0 Å². The van der Waals surface area contributed by atoms with Crippen LogP contribution >= 0.6 is 0 Å². The molecule has 24 heavy (non-hydrogen) atoms. The van der Waals surface area contributed by atoms with Gasteiger partial charge in [0.1, 0.15) is 5.75 Å². The van der Waals surface area contributed by atoms with Gasteiger partial charge in [0, 0.05) is 5.41 Å². The molecule has 0 saturated heterocycles. The molecule has 2 fully saturated rings. The topological polar surface area (TPSA) is 40.5 Å². The summed E-state index contributed by atoms with van der Waals surface area (Å²) in [4.78, 5) is 0. The zero-order valence-corrected chi connectivity index (χ0v) is 15.0. The first-order chi connectivity index (χ1) is 11.5. The Kier molecular flexibility index (Phi) is 3.80. The Bertz CT molecular complexity index is 664. The van der Waals surface area contributed by atoms with Crippen LogP contribution in [-0.2, 0) is 6.42 Å². The molecule has 2 nitrogen and oxygen atoms in total. The van der Waals surface area contributed by atoms with Gasteiger partial charge >= 0.3 is 0 Å². The van der Waals surface area contributed by atoms with Crippen molar-refractivity contribution in [3.8, 4) is 5.75 Å². The molecule has 2 N–H and O–H groups in total. The minimum absolute atomic E-state index is 0.0221. The highest BCUT2D eigenvalue weighted by atomic mass is 16.3. The highest BCUT2D eigenvalue weighted by molar-refractivity contribution is 5.40. The molecule has 0 spiro atoms. The van der Waals surface area contributed by atoms with E-state index < -0.39 is 5.60 Å². The minimum atomic E-state index is -0.617. The molecule has 0 aliphatic heterocycles. The summed E-state index contributed by atoms with van der Waals surface area (Å²) >= 11 is 0. The minimum Gasteiger partial charge on any atom is -0.508 e. The van der Waals surface area contributed by atoms with E-state index in [1.165, 1.54) is 17.5 Å². The van der Waals surface area contributed by atoms with Gasteiger partial charge in [0.15, 0.2) is 0 Å². The van der Waals surface area contributed by atoms with E-state index in [0.29, 0.717) is 23.5 Å². The van der Waals surface area contributed by atoms with Crippen molar-refractivity contribution in [1.29, 1.82) is 0 Å². The summed E-state index contributed by atoms with van der Waals surface area (Å²) in [6.07, 6.45) is 11.9. The highest BCUT2D eigenvalue weighted by Gasteiger charge is 2.60. The van der Waals surface area contributed by atoms with Crippen LogP contribution in [0.1, 0.15) is 69.4 Å². The predicted octanol–water partition coefficient (Wildman–Crippen LogP) is 4.95. The van der Waals surface area contributed by atoms with Gasteiger partial charge in [-0.15, -0.1) is 0 Å². The number of allylic oxidation sites excluding steroid dienone is 1. The van der Waals surface area contributed by atoms with E-state index >= 15 is 0 Å². The van der Waals surface area contributed by atoms with Gasteiger partial charge in [-0.2, -0.15) is 0 Å². The molecule has 3 aliphatic carbocycles. The summed E-state index contributed by atoms with van der Waals surface area (Å²) in [5, 5.41) is 21.2. The second-order valence-electron chi connectivity index (χ2n) is 8.53. The Morgan fingerprint density at radius 3 is 2.83 bits per heavy atom. The standard InChI is InChI=1S/C22H30O2/c1-3-4-11-22(24)13-10-20-19-7-5-15-14-16(23)6-8-17(15)18(19)9-12-21(20,22)2/h4,6,8,11,14,18-20,23-24H,3,5,7,9-10,12-13H2,1-2H3/t18-,19-,20+,21+,22?/m1/s1. The molecule has 1 aromatic carbocycles. The lowest BCUT2D eigenvalue weighted by molar-refractivity contribution is -0.0710. The molecular weight excluding hydrogens is 296 g/mol. The van der Waals surface area contributed by atoms with Crippen LogP contribution in [0.5, 0.6) is 5.75 Å². The molecule has 0 aromatic heterocycles. The highest BCUT2D eigenvalue weighted by Crippen LogP contribution is 2.64. The van der Waals surface area contributed by atoms with E-state index in [1.54, 1.807) is 0 Å². The van der Waals surface area contributed by atoms with Crippen molar-refractivity contribution in [3.63, 3.8) is 0 Å². The maximum atomic E-state index is 11.4. The van der Waals surface area contributed by atoms with Gasteiger partial charge in [0.25, 0.3) is 0 Å². The third-order valence-electron chi connectivity index (χ3n) is 7.55. The molecular formula is C22H30O2. The van der Waals surface area contributed by atoms with E-state index in [2.05, 4.69) is 32.1 Å². The zero-order valence-electron chi connectivity index (χ0n) is 15.0. The van der Waals surface area contributed by atoms with Gasteiger partial charge in [-0.3, -0.25) is 0 Å². The van der Waals surface area contributed by atoms with Crippen molar-refractivity contribution >= 4 is 0 Å². The molecule has 2 heteroatoms. The lowest BCUT2D eigenvalue weighted by atomic mass is 9.53. The normalized spacial score (nSPS) is 41.0. The van der Waals surface area contributed by atoms with Gasteiger partial charge in [0.05, 0.1) is 5.60 Å². The van der Waals surface area contributed by atoms with Gasteiger partial charge in [-0.25, -0.2) is 0 Å².